The average Bonchev–Trinajstić information content (AvgIpc) is 2.21. The summed E-state index contributed by atoms with van der Waals surface area (Å²) in [5, 5.41) is 11.1. The van der Waals surface area contributed by atoms with E-state index in [9.17, 15) is 0 Å². The van der Waals surface area contributed by atoms with Crippen molar-refractivity contribution in [3.63, 3.8) is 0 Å². The lowest BCUT2D eigenvalue weighted by Crippen LogP contribution is -2.27. The number of aryl methyl sites for hydroxylation is 1. The molecule has 0 bridgehead atoms. The van der Waals surface area contributed by atoms with E-state index in [2.05, 4.69) is 4.98 Å². The minimum atomic E-state index is 0.936. The van der Waals surface area contributed by atoms with Gasteiger partial charge in [-0.15, -0.1) is 0 Å². The van der Waals surface area contributed by atoms with Crippen LogP contribution in [0, 0.1) is 6.92 Å². The molecular weight excluding hydrogens is 176 g/mol. The van der Waals surface area contributed by atoms with E-state index in [-0.39, 0.29) is 0 Å². The van der Waals surface area contributed by atoms with Crippen LogP contribution >= 0.6 is 0 Å². The molecule has 2 aromatic rings. The second kappa shape index (κ2) is 4.56. The molecule has 0 aliphatic rings. The van der Waals surface area contributed by atoms with E-state index in [1.54, 1.807) is 18.6 Å². The van der Waals surface area contributed by atoms with Crippen LogP contribution in [-0.4, -0.2) is 10.2 Å². The highest BCUT2D eigenvalue weighted by Crippen LogP contribution is 2.09. The Balaban J connectivity index is 0.000000461. The van der Waals surface area contributed by atoms with Crippen molar-refractivity contribution in [2.75, 3.05) is 0 Å². The van der Waals surface area contributed by atoms with Gasteiger partial charge in [-0.25, -0.2) is 0 Å². The van der Waals surface area contributed by atoms with Crippen molar-refractivity contribution in [2.24, 2.45) is 0 Å². The largest absolute Gasteiger partial charge is 0.285 e. The fraction of sp³-hybridized carbons (Fsp3) is 0.273. The van der Waals surface area contributed by atoms with Crippen molar-refractivity contribution in [1.82, 2.24) is 4.98 Å². The Kier molecular flexibility index (Phi) is 3.40. The Morgan fingerprint density at radius 2 is 2.00 bits per heavy atom. The summed E-state index contributed by atoms with van der Waals surface area (Å²) in [6.07, 6.45) is 4.97. The molecule has 0 saturated heterocycles. The predicted molar refractivity (Wildman–Crippen MR) is 55.2 cm³/mol. The lowest BCUT2D eigenvalue weighted by Gasteiger charge is -1.94. The fourth-order valence-electron chi connectivity index (χ4n) is 1.19. The normalized spacial score (nSPS) is 9.36. The van der Waals surface area contributed by atoms with Crippen molar-refractivity contribution in [1.29, 1.82) is 0 Å². The molecule has 3 nitrogen and oxygen atoms in total. The Morgan fingerprint density at radius 3 is 2.71 bits per heavy atom. The van der Waals surface area contributed by atoms with Gasteiger partial charge in [0.05, 0.1) is 5.39 Å². The van der Waals surface area contributed by atoms with E-state index in [1.165, 1.54) is 0 Å². The van der Waals surface area contributed by atoms with Gasteiger partial charge in [-0.3, -0.25) is 10.2 Å². The SMILES string of the molecule is CC.Cc1cc2cc[n+](O)cc2cn1. The molecular formula is C11H15N2O+. The summed E-state index contributed by atoms with van der Waals surface area (Å²) < 4.78 is 1.03. The first kappa shape index (κ1) is 10.4. The molecule has 74 valence electrons. The summed E-state index contributed by atoms with van der Waals surface area (Å²) in [6.45, 7) is 5.94. The van der Waals surface area contributed by atoms with E-state index in [4.69, 9.17) is 5.21 Å². The molecule has 0 spiro atoms. The van der Waals surface area contributed by atoms with Gasteiger partial charge in [0.2, 0.25) is 12.4 Å². The maximum atomic E-state index is 9.09. The molecule has 2 aromatic heterocycles. The number of pyridine rings is 2. The van der Waals surface area contributed by atoms with E-state index in [0.717, 1.165) is 21.2 Å². The minimum Gasteiger partial charge on any atom is -0.285 e. The number of fused-ring (bicyclic) bond motifs is 1. The third-order valence-electron chi connectivity index (χ3n) is 1.78. The highest BCUT2D eigenvalue weighted by Gasteiger charge is 2.00. The van der Waals surface area contributed by atoms with Crippen molar-refractivity contribution in [3.8, 4) is 0 Å². The molecule has 2 heterocycles. The van der Waals surface area contributed by atoms with Gasteiger partial charge in [0.1, 0.15) is 0 Å². The molecule has 0 fully saturated rings. The van der Waals surface area contributed by atoms with Gasteiger partial charge >= 0.3 is 0 Å². The maximum absolute atomic E-state index is 9.09. The average molecular weight is 191 g/mol. The van der Waals surface area contributed by atoms with Gasteiger partial charge in [0, 0.05) is 22.7 Å². The molecule has 0 aromatic carbocycles. The van der Waals surface area contributed by atoms with Gasteiger partial charge in [0.15, 0.2) is 0 Å². The summed E-state index contributed by atoms with van der Waals surface area (Å²) in [7, 11) is 0. The van der Waals surface area contributed by atoms with Gasteiger partial charge in [-0.2, -0.15) is 0 Å². The Bertz CT molecular complexity index is 385. The van der Waals surface area contributed by atoms with Crippen LogP contribution in [0.15, 0.2) is 30.7 Å². The second-order valence-corrected chi connectivity index (χ2v) is 2.78. The second-order valence-electron chi connectivity index (χ2n) is 2.78. The molecule has 14 heavy (non-hydrogen) atoms. The zero-order valence-corrected chi connectivity index (χ0v) is 8.73. The van der Waals surface area contributed by atoms with Crippen LogP contribution in [0.4, 0.5) is 0 Å². The molecule has 0 radical (unpaired) electrons. The van der Waals surface area contributed by atoms with Crippen LogP contribution < -0.4 is 4.73 Å². The third kappa shape index (κ3) is 2.19. The lowest BCUT2D eigenvalue weighted by molar-refractivity contribution is -0.903. The van der Waals surface area contributed by atoms with Crippen molar-refractivity contribution in [3.05, 3.63) is 36.4 Å². The van der Waals surface area contributed by atoms with E-state index in [1.807, 2.05) is 32.9 Å². The predicted octanol–water partition coefficient (Wildman–Crippen LogP) is 2.09. The van der Waals surface area contributed by atoms with Crippen LogP contribution in [0.2, 0.25) is 0 Å². The number of rotatable bonds is 0. The topological polar surface area (TPSA) is 37.0 Å². The highest BCUT2D eigenvalue weighted by atomic mass is 16.5. The van der Waals surface area contributed by atoms with Crippen LogP contribution in [0.1, 0.15) is 19.5 Å². The molecule has 3 heteroatoms. The molecule has 0 atom stereocenters. The molecule has 0 saturated carbocycles. The molecule has 0 aliphatic heterocycles. The van der Waals surface area contributed by atoms with Crippen LogP contribution in [0.25, 0.3) is 10.8 Å². The van der Waals surface area contributed by atoms with Crippen molar-refractivity contribution >= 4 is 10.8 Å². The smallest absolute Gasteiger partial charge is 0.231 e. The standard InChI is InChI=1S/C9H9N2O.C2H6/c1-7-4-8-2-3-11(12)6-9(8)5-10-7;1-2/h2-6,12H,1H3;1-2H3/q+1;. The zero-order valence-electron chi connectivity index (χ0n) is 8.73. The maximum Gasteiger partial charge on any atom is 0.231 e. The highest BCUT2D eigenvalue weighted by molar-refractivity contribution is 5.79. The zero-order chi connectivity index (χ0) is 10.6. The molecule has 0 amide bonds. The fourth-order valence-corrected chi connectivity index (χ4v) is 1.19. The lowest BCUT2D eigenvalue weighted by atomic mass is 10.2. The van der Waals surface area contributed by atoms with Crippen molar-refractivity contribution < 1.29 is 9.94 Å². The van der Waals surface area contributed by atoms with Crippen LogP contribution in [0.3, 0.4) is 0 Å². The van der Waals surface area contributed by atoms with Crippen molar-refractivity contribution in [2.45, 2.75) is 20.8 Å². The Hall–Kier alpha value is -1.64. The van der Waals surface area contributed by atoms with Crippen LogP contribution in [-0.2, 0) is 0 Å². The third-order valence-corrected chi connectivity index (χ3v) is 1.78. The van der Waals surface area contributed by atoms with Gasteiger partial charge < -0.3 is 0 Å². The Morgan fingerprint density at radius 1 is 1.29 bits per heavy atom. The minimum absolute atomic E-state index is 0.936. The molecule has 1 N–H and O–H groups in total. The summed E-state index contributed by atoms with van der Waals surface area (Å²) in [5.74, 6) is 0. The van der Waals surface area contributed by atoms with Crippen LogP contribution in [0.5, 0.6) is 0 Å². The monoisotopic (exact) mass is 191 g/mol. The Labute approximate surface area is 83.6 Å². The first-order chi connectivity index (χ1) is 6.75. The number of hydrogen-bond donors (Lipinski definition) is 1. The molecule has 2 rings (SSSR count). The van der Waals surface area contributed by atoms with Gasteiger partial charge in [-0.05, 0) is 18.4 Å². The number of hydrogen-bond acceptors (Lipinski definition) is 2. The quantitative estimate of drug-likeness (QED) is 0.511. The number of aromatic nitrogens is 2. The summed E-state index contributed by atoms with van der Waals surface area (Å²) in [4.78, 5) is 4.12. The number of nitrogens with zero attached hydrogens (tertiary/aromatic N) is 2. The summed E-state index contributed by atoms with van der Waals surface area (Å²) >= 11 is 0. The van der Waals surface area contributed by atoms with E-state index >= 15 is 0 Å². The summed E-state index contributed by atoms with van der Waals surface area (Å²) in [5.41, 5.74) is 0.984. The molecule has 0 unspecified atom stereocenters. The first-order valence-corrected chi connectivity index (χ1v) is 4.72. The summed E-state index contributed by atoms with van der Waals surface area (Å²) in [6, 6.07) is 3.83. The first-order valence-electron chi connectivity index (χ1n) is 4.72. The van der Waals surface area contributed by atoms with E-state index < -0.39 is 0 Å². The van der Waals surface area contributed by atoms with E-state index in [0.29, 0.717) is 0 Å². The molecule has 0 aliphatic carbocycles. The van der Waals surface area contributed by atoms with Gasteiger partial charge in [0.25, 0.3) is 0 Å². The van der Waals surface area contributed by atoms with Gasteiger partial charge in [-0.1, -0.05) is 13.8 Å².